The van der Waals surface area contributed by atoms with Gasteiger partial charge in [0.25, 0.3) is 11.4 Å². The highest BCUT2D eigenvalue weighted by Gasteiger charge is 2.40. The second kappa shape index (κ2) is 10.1. The molecule has 0 saturated heterocycles. The molecule has 184 valence electrons. The molecule has 34 heavy (non-hydrogen) atoms. The second-order valence-corrected chi connectivity index (χ2v) is 7.97. The van der Waals surface area contributed by atoms with Crippen LogP contribution in [0.25, 0.3) is 0 Å². The minimum atomic E-state index is -5.03. The maximum absolute atomic E-state index is 13.0. The predicted octanol–water partition coefficient (Wildman–Crippen LogP) is 6.92. The molecule has 0 aliphatic rings. The number of halogens is 8. The van der Waals surface area contributed by atoms with E-state index in [9.17, 15) is 51.4 Å². The number of nitro benzene ring substituents is 2. The van der Waals surface area contributed by atoms with Crippen LogP contribution in [0.4, 0.5) is 42.5 Å². The number of carbonyl (C=O) groups excluding carboxylic acids is 1. The molecule has 0 heterocycles. The van der Waals surface area contributed by atoms with Crippen molar-refractivity contribution in [3.05, 3.63) is 75.7 Å². The van der Waals surface area contributed by atoms with Crippen LogP contribution >= 0.6 is 31.9 Å². The van der Waals surface area contributed by atoms with Crippen molar-refractivity contribution in [2.24, 2.45) is 0 Å². The highest BCUT2D eigenvalue weighted by Crippen LogP contribution is 2.40. The second-order valence-electron chi connectivity index (χ2n) is 6.26. The highest BCUT2D eigenvalue weighted by atomic mass is 79.9. The smallest absolute Gasteiger partial charge is 0.429 e. The monoisotopic (exact) mass is 624 g/mol. The molecular formula is C17H8Br2F6N2O7. The molecule has 0 aromatic heterocycles. The summed E-state index contributed by atoms with van der Waals surface area (Å²) in [6, 6.07) is 1.94. The fourth-order valence-corrected chi connectivity index (χ4v) is 3.42. The molecule has 2 rings (SSSR count). The Morgan fingerprint density at radius 1 is 0.765 bits per heavy atom. The summed E-state index contributed by atoms with van der Waals surface area (Å²) < 4.78 is 86.5. The number of rotatable bonds is 6. The number of alkyl halides is 6. The van der Waals surface area contributed by atoms with Crippen LogP contribution in [0.3, 0.4) is 0 Å². The van der Waals surface area contributed by atoms with Crippen LogP contribution in [0.1, 0.15) is 22.3 Å². The Bertz CT molecular complexity index is 1070. The van der Waals surface area contributed by atoms with Crippen molar-refractivity contribution in [3.63, 3.8) is 0 Å². The van der Waals surface area contributed by atoms with Crippen molar-refractivity contribution >= 4 is 49.4 Å². The summed E-state index contributed by atoms with van der Waals surface area (Å²) in [6.07, 6.45) is -11.5. The number of nitrogens with zero attached hydrogens (tertiary/aromatic N) is 2. The topological polar surface area (TPSA) is 122 Å². The molecule has 0 unspecified atom stereocenters. The molecule has 9 nitrogen and oxygen atoms in total. The Morgan fingerprint density at radius 3 is 1.35 bits per heavy atom. The van der Waals surface area contributed by atoms with Crippen molar-refractivity contribution in [2.75, 3.05) is 0 Å². The van der Waals surface area contributed by atoms with E-state index in [0.29, 0.717) is 24.3 Å². The number of benzene rings is 2. The maximum Gasteiger partial charge on any atom is 0.508 e. The van der Waals surface area contributed by atoms with Gasteiger partial charge >= 0.3 is 18.5 Å². The Hall–Kier alpha value is -2.95. The van der Waals surface area contributed by atoms with Gasteiger partial charge in [-0.05, 0) is 12.1 Å². The van der Waals surface area contributed by atoms with Crippen molar-refractivity contribution < 1.29 is 50.5 Å². The van der Waals surface area contributed by atoms with Gasteiger partial charge in [-0.3, -0.25) is 20.2 Å². The van der Waals surface area contributed by atoms with Gasteiger partial charge < -0.3 is 9.47 Å². The van der Waals surface area contributed by atoms with Crippen molar-refractivity contribution in [1.82, 2.24) is 0 Å². The molecule has 0 fully saturated rings. The van der Waals surface area contributed by atoms with E-state index in [-0.39, 0.29) is 20.1 Å². The Kier molecular flexibility index (Phi) is 8.13. The first-order valence-electron chi connectivity index (χ1n) is 8.40. The summed E-state index contributed by atoms with van der Waals surface area (Å²) in [7, 11) is 0. The summed E-state index contributed by atoms with van der Waals surface area (Å²) in [5, 5.41) is 21.9. The molecule has 0 aliphatic heterocycles. The summed E-state index contributed by atoms with van der Waals surface area (Å²) >= 11 is 5.57. The number of nitro groups is 2. The number of carbonyl (C=O) groups is 1. The number of hydrogen-bond donors (Lipinski definition) is 0. The zero-order valence-corrected chi connectivity index (χ0v) is 19.2. The molecule has 17 heteroatoms. The summed E-state index contributed by atoms with van der Waals surface area (Å²) in [5.41, 5.74) is -6.09. The van der Waals surface area contributed by atoms with E-state index >= 15 is 0 Å². The highest BCUT2D eigenvalue weighted by molar-refractivity contribution is 9.10. The first-order valence-corrected chi connectivity index (χ1v) is 9.98. The van der Waals surface area contributed by atoms with E-state index in [2.05, 4.69) is 41.3 Å². The van der Waals surface area contributed by atoms with Gasteiger partial charge in [-0.2, -0.15) is 26.3 Å². The van der Waals surface area contributed by atoms with Gasteiger partial charge in [0.05, 0.1) is 9.85 Å². The van der Waals surface area contributed by atoms with E-state index in [1.807, 2.05) is 0 Å². The van der Waals surface area contributed by atoms with Crippen molar-refractivity contribution in [3.8, 4) is 0 Å². The molecule has 2 aromatic carbocycles. The molecule has 0 amide bonds. The van der Waals surface area contributed by atoms with Crippen LogP contribution in [0, 0.1) is 20.2 Å². The van der Waals surface area contributed by atoms with Gasteiger partial charge in [-0.15, -0.1) is 0 Å². The van der Waals surface area contributed by atoms with Crippen LogP contribution in [-0.4, -0.2) is 16.0 Å². The molecule has 0 aliphatic carbocycles. The van der Waals surface area contributed by atoms with Crippen LogP contribution in [0.15, 0.2) is 33.2 Å². The van der Waals surface area contributed by atoms with E-state index in [4.69, 9.17) is 0 Å². The lowest BCUT2D eigenvalue weighted by atomic mass is 10.1. The normalized spacial score (nSPS) is 11.8. The SMILES string of the molecule is O=C(OCc1cc([N+](=O)[O-])c(C(F)(F)F)cc1Br)OCc1cc([N+](=O)[O-])c(C(F)(F)F)cc1Br. The first kappa shape index (κ1) is 27.3. The maximum atomic E-state index is 13.0. The molecule has 0 saturated carbocycles. The zero-order chi connectivity index (χ0) is 26.0. The van der Waals surface area contributed by atoms with E-state index < -0.39 is 64.1 Å². The zero-order valence-electron chi connectivity index (χ0n) is 16.0. The van der Waals surface area contributed by atoms with Gasteiger partial charge in [0, 0.05) is 32.2 Å². The van der Waals surface area contributed by atoms with Crippen LogP contribution in [-0.2, 0) is 35.0 Å². The third kappa shape index (κ3) is 6.55. The van der Waals surface area contributed by atoms with Crippen LogP contribution < -0.4 is 0 Å². The lowest BCUT2D eigenvalue weighted by Crippen LogP contribution is -2.12. The molecule has 0 bridgehead atoms. The average Bonchev–Trinajstić information content (AvgIpc) is 2.69. The van der Waals surface area contributed by atoms with E-state index in [1.165, 1.54) is 0 Å². The van der Waals surface area contributed by atoms with Gasteiger partial charge in [0.2, 0.25) is 0 Å². The largest absolute Gasteiger partial charge is 0.508 e. The molecule has 0 atom stereocenters. The Labute approximate surface area is 201 Å². The first-order chi connectivity index (χ1) is 15.5. The number of ether oxygens (including phenoxy) is 2. The van der Waals surface area contributed by atoms with E-state index in [1.54, 1.807) is 0 Å². The van der Waals surface area contributed by atoms with Crippen molar-refractivity contribution in [1.29, 1.82) is 0 Å². The third-order valence-corrected chi connectivity index (χ3v) is 5.50. The molecule has 0 radical (unpaired) electrons. The van der Waals surface area contributed by atoms with Gasteiger partial charge in [0.1, 0.15) is 24.3 Å². The minimum Gasteiger partial charge on any atom is -0.429 e. The molecule has 2 aromatic rings. The fourth-order valence-electron chi connectivity index (χ4n) is 2.50. The lowest BCUT2D eigenvalue weighted by Gasteiger charge is -2.13. The summed E-state index contributed by atoms with van der Waals surface area (Å²) in [6.45, 7) is -1.54. The Balaban J connectivity index is 2.15. The van der Waals surface area contributed by atoms with E-state index in [0.717, 1.165) is 0 Å². The van der Waals surface area contributed by atoms with Gasteiger partial charge in [0.15, 0.2) is 0 Å². The fraction of sp³-hybridized carbons (Fsp3) is 0.235. The summed E-state index contributed by atoms with van der Waals surface area (Å²) in [5.74, 6) is 0. The van der Waals surface area contributed by atoms with Gasteiger partial charge in [-0.1, -0.05) is 31.9 Å². The van der Waals surface area contributed by atoms with Crippen molar-refractivity contribution in [2.45, 2.75) is 25.6 Å². The van der Waals surface area contributed by atoms with Gasteiger partial charge in [-0.25, -0.2) is 4.79 Å². The molecule has 0 spiro atoms. The quantitative estimate of drug-likeness (QED) is 0.148. The number of hydrogen-bond acceptors (Lipinski definition) is 7. The standard InChI is InChI=1S/C17H8Br2F6N2O7/c18-11-3-9(16(20,21)22)13(26(29)30)1-7(11)5-33-15(28)34-6-8-2-14(27(31)32)10(4-12(8)19)17(23,24)25/h1-4H,5-6H2. The molecular weight excluding hydrogens is 618 g/mol. The Morgan fingerprint density at radius 2 is 1.09 bits per heavy atom. The summed E-state index contributed by atoms with van der Waals surface area (Å²) in [4.78, 5) is 31.2. The molecule has 0 N–H and O–H groups in total. The lowest BCUT2D eigenvalue weighted by molar-refractivity contribution is -0.388. The minimum absolute atomic E-state index is 0.219. The average molecular weight is 626 g/mol. The predicted molar refractivity (Wildman–Crippen MR) is 107 cm³/mol. The van der Waals surface area contributed by atoms with Crippen LogP contribution in [0.5, 0.6) is 0 Å². The van der Waals surface area contributed by atoms with Crippen LogP contribution in [0.2, 0.25) is 0 Å². The third-order valence-electron chi connectivity index (χ3n) is 4.02.